The lowest BCUT2D eigenvalue weighted by atomic mass is 9.69. The fourth-order valence-corrected chi connectivity index (χ4v) is 10.2. The first-order valence-electron chi connectivity index (χ1n) is 21.8. The predicted octanol–water partition coefficient (Wildman–Crippen LogP) is 17.8. The van der Waals surface area contributed by atoms with Crippen LogP contribution >= 0.6 is 22.7 Å². The summed E-state index contributed by atoms with van der Waals surface area (Å²) in [6.45, 7) is 14.1. The standard InChI is InChI=1S/C53H66S2/c1-7-9-11-13-15-17-31-53(32-18-16-14-12-10-8-2)51-37-41(39(3)4)25-29-47(51)48-30-26-44(38-52(48)53)50-36-42(23-27-45-21-19-33-54-45)49(40(5)6)35-43(50)24-28-46-22-20-34-55-46/h19-30,33-40H,7-18,31-32H2,1-6H3/b27-23+,28-24+. The van der Waals surface area contributed by atoms with Gasteiger partial charge < -0.3 is 0 Å². The topological polar surface area (TPSA) is 0 Å². The van der Waals surface area contributed by atoms with Crippen LogP contribution in [0.25, 0.3) is 46.6 Å². The van der Waals surface area contributed by atoms with E-state index in [1.54, 1.807) is 33.8 Å². The molecule has 0 nitrogen and oxygen atoms in total. The highest BCUT2D eigenvalue weighted by atomic mass is 32.1. The van der Waals surface area contributed by atoms with Crippen molar-refractivity contribution in [3.8, 4) is 22.3 Å². The van der Waals surface area contributed by atoms with Crippen LogP contribution in [-0.2, 0) is 5.41 Å². The largest absolute Gasteiger partial charge is 0.144 e. The summed E-state index contributed by atoms with van der Waals surface area (Å²) in [4.78, 5) is 2.59. The number of benzene rings is 3. The van der Waals surface area contributed by atoms with E-state index in [0.717, 1.165) is 0 Å². The minimum atomic E-state index is 0.0494. The Morgan fingerprint density at radius 3 is 1.60 bits per heavy atom. The molecule has 0 unspecified atom stereocenters. The maximum Gasteiger partial charge on any atom is 0.0270 e. The highest BCUT2D eigenvalue weighted by Crippen LogP contribution is 2.56. The molecular weight excluding hydrogens is 701 g/mol. The Bertz CT molecular complexity index is 1970. The molecule has 2 heteroatoms. The van der Waals surface area contributed by atoms with Gasteiger partial charge in [0.2, 0.25) is 0 Å². The van der Waals surface area contributed by atoms with Gasteiger partial charge in [-0.1, -0.05) is 179 Å². The molecule has 3 aromatic carbocycles. The smallest absolute Gasteiger partial charge is 0.0270 e. The van der Waals surface area contributed by atoms with Gasteiger partial charge in [0.15, 0.2) is 0 Å². The minimum absolute atomic E-state index is 0.0494. The number of fused-ring (bicyclic) bond motifs is 3. The molecule has 1 aliphatic carbocycles. The highest BCUT2D eigenvalue weighted by Gasteiger charge is 2.42. The van der Waals surface area contributed by atoms with Gasteiger partial charge in [-0.3, -0.25) is 0 Å². The van der Waals surface area contributed by atoms with Crippen LogP contribution < -0.4 is 0 Å². The minimum Gasteiger partial charge on any atom is -0.144 e. The van der Waals surface area contributed by atoms with Crippen molar-refractivity contribution in [2.45, 2.75) is 149 Å². The molecule has 55 heavy (non-hydrogen) atoms. The van der Waals surface area contributed by atoms with E-state index in [-0.39, 0.29) is 5.41 Å². The molecule has 0 N–H and O–H groups in total. The second-order valence-corrected chi connectivity index (χ2v) is 18.7. The molecule has 0 amide bonds. The van der Waals surface area contributed by atoms with Gasteiger partial charge in [-0.15, -0.1) is 22.7 Å². The Balaban J connectivity index is 1.49. The maximum absolute atomic E-state index is 2.65. The SMILES string of the molecule is CCCCCCCCC1(CCCCCCCC)c2cc(-c3cc(/C=C/c4cccs4)c(C(C)C)cc3/C=C/c3cccs3)ccc2-c2ccc(C(C)C)cc21. The van der Waals surface area contributed by atoms with Crippen molar-refractivity contribution >= 4 is 47.0 Å². The monoisotopic (exact) mass is 766 g/mol. The molecule has 290 valence electrons. The van der Waals surface area contributed by atoms with Crippen LogP contribution in [0.4, 0.5) is 0 Å². The van der Waals surface area contributed by atoms with Crippen molar-refractivity contribution in [1.82, 2.24) is 0 Å². The lowest BCUT2D eigenvalue weighted by Gasteiger charge is -2.34. The molecule has 0 saturated heterocycles. The molecule has 0 fully saturated rings. The average Bonchev–Trinajstić information content (AvgIpc) is 3.97. The van der Waals surface area contributed by atoms with Crippen molar-refractivity contribution in [2.75, 3.05) is 0 Å². The summed E-state index contributed by atoms with van der Waals surface area (Å²) in [5, 5.41) is 4.34. The molecule has 0 spiro atoms. The van der Waals surface area contributed by atoms with Gasteiger partial charge in [-0.2, -0.15) is 0 Å². The first kappa shape index (κ1) is 41.2. The lowest BCUT2D eigenvalue weighted by Crippen LogP contribution is -2.26. The maximum atomic E-state index is 2.65. The van der Waals surface area contributed by atoms with Crippen LogP contribution in [0.3, 0.4) is 0 Å². The van der Waals surface area contributed by atoms with E-state index in [9.17, 15) is 0 Å². The third-order valence-electron chi connectivity index (χ3n) is 12.1. The van der Waals surface area contributed by atoms with Gasteiger partial charge >= 0.3 is 0 Å². The van der Waals surface area contributed by atoms with Gasteiger partial charge in [0, 0.05) is 15.2 Å². The number of rotatable bonds is 21. The number of hydrogen-bond acceptors (Lipinski definition) is 2. The first-order chi connectivity index (χ1) is 26.8. The Hall–Kier alpha value is -3.46. The van der Waals surface area contributed by atoms with E-state index >= 15 is 0 Å². The predicted molar refractivity (Wildman–Crippen MR) is 249 cm³/mol. The van der Waals surface area contributed by atoms with E-state index in [0.29, 0.717) is 11.8 Å². The van der Waals surface area contributed by atoms with Gasteiger partial charge in [0.05, 0.1) is 0 Å². The van der Waals surface area contributed by atoms with Gasteiger partial charge in [0.25, 0.3) is 0 Å². The van der Waals surface area contributed by atoms with Crippen LogP contribution in [0.1, 0.15) is 186 Å². The molecule has 6 rings (SSSR count). The van der Waals surface area contributed by atoms with E-state index in [2.05, 4.69) is 149 Å². The van der Waals surface area contributed by atoms with E-state index in [1.807, 2.05) is 0 Å². The molecule has 1 aliphatic rings. The normalized spacial score (nSPS) is 13.5. The molecule has 0 radical (unpaired) electrons. The third-order valence-corrected chi connectivity index (χ3v) is 13.8. The summed E-state index contributed by atoms with van der Waals surface area (Å²) in [5.74, 6) is 0.932. The summed E-state index contributed by atoms with van der Waals surface area (Å²) in [7, 11) is 0. The fraction of sp³-hybridized carbons (Fsp3) is 0.434. The van der Waals surface area contributed by atoms with Gasteiger partial charge in [-0.25, -0.2) is 0 Å². The molecule has 0 bridgehead atoms. The van der Waals surface area contributed by atoms with Crippen LogP contribution in [0, 0.1) is 0 Å². The molecule has 2 heterocycles. The summed E-state index contributed by atoms with van der Waals surface area (Å²) >= 11 is 3.61. The second-order valence-electron chi connectivity index (χ2n) is 16.8. The molecule has 2 aromatic heterocycles. The number of unbranched alkanes of at least 4 members (excludes halogenated alkanes) is 10. The van der Waals surface area contributed by atoms with Gasteiger partial charge in [-0.05, 0) is 127 Å². The molecule has 0 aliphatic heterocycles. The first-order valence-corrected chi connectivity index (χ1v) is 23.5. The highest BCUT2D eigenvalue weighted by molar-refractivity contribution is 7.11. The zero-order valence-electron chi connectivity index (χ0n) is 34.8. The quantitative estimate of drug-likeness (QED) is 0.0653. The molecular formula is C53H66S2. The summed E-state index contributed by atoms with van der Waals surface area (Å²) in [6.07, 6.45) is 27.9. The van der Waals surface area contributed by atoms with Crippen molar-refractivity contribution in [3.05, 3.63) is 127 Å². The van der Waals surface area contributed by atoms with Crippen molar-refractivity contribution in [3.63, 3.8) is 0 Å². The zero-order chi connectivity index (χ0) is 38.6. The molecule has 0 atom stereocenters. The van der Waals surface area contributed by atoms with Crippen molar-refractivity contribution in [2.24, 2.45) is 0 Å². The zero-order valence-corrected chi connectivity index (χ0v) is 36.4. The second kappa shape index (κ2) is 20.1. The van der Waals surface area contributed by atoms with Crippen LogP contribution in [0.15, 0.2) is 83.6 Å². The Kier molecular flexibility index (Phi) is 15.1. The summed E-state index contributed by atoms with van der Waals surface area (Å²) in [6, 6.07) is 28.8. The van der Waals surface area contributed by atoms with E-state index in [4.69, 9.17) is 0 Å². The Morgan fingerprint density at radius 2 is 1.05 bits per heavy atom. The Labute approximate surface area is 342 Å². The van der Waals surface area contributed by atoms with E-state index < -0.39 is 0 Å². The molecule has 5 aromatic rings. The van der Waals surface area contributed by atoms with Crippen LogP contribution in [0.2, 0.25) is 0 Å². The fourth-order valence-electron chi connectivity index (χ4n) is 8.92. The average molecular weight is 767 g/mol. The summed E-state index contributed by atoms with van der Waals surface area (Å²) in [5.41, 5.74) is 14.4. The number of thiophene rings is 2. The van der Waals surface area contributed by atoms with Crippen molar-refractivity contribution < 1.29 is 0 Å². The van der Waals surface area contributed by atoms with Crippen molar-refractivity contribution in [1.29, 1.82) is 0 Å². The van der Waals surface area contributed by atoms with E-state index in [1.165, 1.54) is 144 Å². The van der Waals surface area contributed by atoms with Crippen LogP contribution in [-0.4, -0.2) is 0 Å². The Morgan fingerprint density at radius 1 is 0.509 bits per heavy atom. The van der Waals surface area contributed by atoms with Gasteiger partial charge in [0.1, 0.15) is 0 Å². The molecule has 0 saturated carbocycles. The number of hydrogen-bond donors (Lipinski definition) is 0. The summed E-state index contributed by atoms with van der Waals surface area (Å²) < 4.78 is 0. The van der Waals surface area contributed by atoms with Crippen LogP contribution in [0.5, 0.6) is 0 Å². The lowest BCUT2D eigenvalue weighted by molar-refractivity contribution is 0.397. The third kappa shape index (κ3) is 10.1.